The van der Waals surface area contributed by atoms with Crippen molar-refractivity contribution >= 4 is 11.8 Å². The van der Waals surface area contributed by atoms with E-state index in [9.17, 15) is 18.4 Å². The molecule has 0 heterocycles. The molecular formula is C19H18F2N2O2. The van der Waals surface area contributed by atoms with Crippen molar-refractivity contribution in [3.63, 3.8) is 0 Å². The fraction of sp³-hybridized carbons (Fsp3) is 0.263. The summed E-state index contributed by atoms with van der Waals surface area (Å²) in [6.45, 7) is 0.610. The van der Waals surface area contributed by atoms with Crippen LogP contribution in [0.5, 0.6) is 0 Å². The third-order valence-electron chi connectivity index (χ3n) is 4.22. The Hall–Kier alpha value is -2.76. The quantitative estimate of drug-likeness (QED) is 0.846. The van der Waals surface area contributed by atoms with Gasteiger partial charge >= 0.3 is 0 Å². The highest BCUT2D eigenvalue weighted by Crippen LogP contribution is 2.38. The monoisotopic (exact) mass is 344 g/mol. The molecule has 0 aromatic heterocycles. The molecule has 25 heavy (non-hydrogen) atoms. The third kappa shape index (κ3) is 4.62. The Bertz CT molecular complexity index is 694. The minimum absolute atomic E-state index is 0.175. The number of carbonyl (C=O) groups is 2. The zero-order chi connectivity index (χ0) is 17.8. The summed E-state index contributed by atoms with van der Waals surface area (Å²) in [4.78, 5) is 24.1. The second kappa shape index (κ2) is 7.42. The van der Waals surface area contributed by atoms with Gasteiger partial charge in [0, 0.05) is 13.1 Å². The number of rotatable bonds is 6. The number of carbonyl (C=O) groups excluding carboxylic acids is 2. The van der Waals surface area contributed by atoms with E-state index < -0.39 is 0 Å². The van der Waals surface area contributed by atoms with E-state index in [1.807, 2.05) is 0 Å². The first-order valence-corrected chi connectivity index (χ1v) is 8.07. The normalized spacial score (nSPS) is 18.5. The Morgan fingerprint density at radius 2 is 1.12 bits per heavy atom. The largest absolute Gasteiger partial charge is 0.352 e. The molecule has 3 rings (SSSR count). The minimum Gasteiger partial charge on any atom is -0.352 e. The van der Waals surface area contributed by atoms with E-state index >= 15 is 0 Å². The van der Waals surface area contributed by atoms with Gasteiger partial charge in [0.25, 0.3) is 0 Å². The number of hydrogen-bond donors (Lipinski definition) is 2. The highest BCUT2D eigenvalue weighted by molar-refractivity contribution is 5.92. The summed E-state index contributed by atoms with van der Waals surface area (Å²) < 4.78 is 25.7. The van der Waals surface area contributed by atoms with Gasteiger partial charge in [-0.1, -0.05) is 24.3 Å². The van der Waals surface area contributed by atoms with Crippen LogP contribution < -0.4 is 10.6 Å². The summed E-state index contributed by atoms with van der Waals surface area (Å²) in [5, 5.41) is 5.52. The molecule has 0 bridgehead atoms. The Morgan fingerprint density at radius 1 is 0.760 bits per heavy atom. The third-order valence-corrected chi connectivity index (χ3v) is 4.22. The van der Waals surface area contributed by atoms with Crippen molar-refractivity contribution in [1.29, 1.82) is 0 Å². The number of halogens is 2. The molecule has 1 saturated carbocycles. The number of amides is 2. The molecule has 2 aromatic rings. The van der Waals surface area contributed by atoms with Gasteiger partial charge in [0.15, 0.2) is 0 Å². The predicted octanol–water partition coefficient (Wildman–Crippen LogP) is 2.53. The molecule has 130 valence electrons. The summed E-state index contributed by atoms with van der Waals surface area (Å²) in [6, 6.07) is 11.8. The van der Waals surface area contributed by atoms with E-state index in [0.717, 1.165) is 11.1 Å². The lowest BCUT2D eigenvalue weighted by Gasteiger charge is -2.06. The van der Waals surface area contributed by atoms with Crippen LogP contribution in [-0.4, -0.2) is 11.8 Å². The fourth-order valence-corrected chi connectivity index (χ4v) is 2.62. The second-order valence-corrected chi connectivity index (χ2v) is 6.14. The van der Waals surface area contributed by atoms with Gasteiger partial charge in [0.1, 0.15) is 11.6 Å². The van der Waals surface area contributed by atoms with Gasteiger partial charge in [-0.15, -0.1) is 0 Å². The van der Waals surface area contributed by atoms with Crippen LogP contribution in [0.3, 0.4) is 0 Å². The van der Waals surface area contributed by atoms with Crippen molar-refractivity contribution < 1.29 is 18.4 Å². The molecule has 2 N–H and O–H groups in total. The van der Waals surface area contributed by atoms with E-state index in [0.29, 0.717) is 19.5 Å². The zero-order valence-electron chi connectivity index (χ0n) is 13.5. The van der Waals surface area contributed by atoms with Crippen LogP contribution in [0, 0.1) is 23.5 Å². The summed E-state index contributed by atoms with van der Waals surface area (Å²) in [7, 11) is 0. The Kier molecular flexibility index (Phi) is 5.07. The van der Waals surface area contributed by atoms with Gasteiger partial charge in [-0.25, -0.2) is 8.78 Å². The van der Waals surface area contributed by atoms with E-state index in [4.69, 9.17) is 0 Å². The van der Waals surface area contributed by atoms with Crippen molar-refractivity contribution in [1.82, 2.24) is 10.6 Å². The van der Waals surface area contributed by atoms with Crippen LogP contribution >= 0.6 is 0 Å². The van der Waals surface area contributed by atoms with Gasteiger partial charge in [-0.05, 0) is 41.8 Å². The minimum atomic E-state index is -0.325. The lowest BCUT2D eigenvalue weighted by atomic mass is 10.2. The maximum atomic E-state index is 12.8. The first kappa shape index (κ1) is 17.1. The van der Waals surface area contributed by atoms with Gasteiger partial charge in [-0.2, -0.15) is 0 Å². The van der Waals surface area contributed by atoms with Crippen molar-refractivity contribution in [3.8, 4) is 0 Å². The first-order chi connectivity index (χ1) is 12.0. The Morgan fingerprint density at radius 3 is 1.48 bits per heavy atom. The van der Waals surface area contributed by atoms with Gasteiger partial charge in [-0.3, -0.25) is 9.59 Å². The number of benzene rings is 2. The average molecular weight is 344 g/mol. The molecule has 0 radical (unpaired) electrons. The summed E-state index contributed by atoms with van der Waals surface area (Å²) in [6.07, 6.45) is 0.518. The molecule has 1 aliphatic rings. The van der Waals surface area contributed by atoms with E-state index in [2.05, 4.69) is 10.6 Å². The molecule has 2 aromatic carbocycles. The number of nitrogens with one attached hydrogen (secondary N) is 2. The smallest absolute Gasteiger partial charge is 0.224 e. The standard InChI is InChI=1S/C19H18F2N2O2/c20-14-5-1-12(2-6-14)10-22-18(24)16-9-17(16)19(25)23-11-13-3-7-15(21)8-4-13/h1-8,16-17H,9-11H2,(H,22,24)(H,23,25). The second-order valence-electron chi connectivity index (χ2n) is 6.14. The zero-order valence-corrected chi connectivity index (χ0v) is 13.5. The molecule has 1 aliphatic carbocycles. The first-order valence-electron chi connectivity index (χ1n) is 8.07. The fourth-order valence-electron chi connectivity index (χ4n) is 2.62. The highest BCUT2D eigenvalue weighted by atomic mass is 19.1. The predicted molar refractivity (Wildman–Crippen MR) is 88.1 cm³/mol. The molecule has 2 atom stereocenters. The molecular weight excluding hydrogens is 326 g/mol. The molecule has 0 saturated heterocycles. The van der Waals surface area contributed by atoms with E-state index in [-0.39, 0.29) is 35.3 Å². The summed E-state index contributed by atoms with van der Waals surface area (Å²) >= 11 is 0. The van der Waals surface area contributed by atoms with Gasteiger partial charge in [0.2, 0.25) is 11.8 Å². The highest BCUT2D eigenvalue weighted by Gasteiger charge is 2.47. The van der Waals surface area contributed by atoms with Crippen LogP contribution in [0.25, 0.3) is 0 Å². The SMILES string of the molecule is O=C(NCc1ccc(F)cc1)C1CC1C(=O)NCc1ccc(F)cc1. The molecule has 1 fully saturated rings. The summed E-state index contributed by atoms with van der Waals surface area (Å²) in [5.74, 6) is -1.65. The lowest BCUT2D eigenvalue weighted by Crippen LogP contribution is -2.29. The lowest BCUT2D eigenvalue weighted by molar-refractivity contribution is -0.127. The molecule has 6 heteroatoms. The average Bonchev–Trinajstić information content (AvgIpc) is 3.41. The van der Waals surface area contributed by atoms with Gasteiger partial charge < -0.3 is 10.6 Å². The molecule has 2 unspecified atom stereocenters. The Balaban J connectivity index is 1.41. The van der Waals surface area contributed by atoms with Crippen molar-refractivity contribution in [3.05, 3.63) is 71.3 Å². The molecule has 0 spiro atoms. The molecule has 2 amide bonds. The molecule has 0 aliphatic heterocycles. The maximum absolute atomic E-state index is 12.8. The van der Waals surface area contributed by atoms with Crippen molar-refractivity contribution in [2.45, 2.75) is 19.5 Å². The number of hydrogen-bond acceptors (Lipinski definition) is 2. The van der Waals surface area contributed by atoms with Crippen LogP contribution in [0.1, 0.15) is 17.5 Å². The summed E-state index contributed by atoms with van der Waals surface area (Å²) in [5.41, 5.74) is 1.60. The van der Waals surface area contributed by atoms with Crippen LogP contribution in [-0.2, 0) is 22.7 Å². The van der Waals surface area contributed by atoms with Crippen LogP contribution in [0.15, 0.2) is 48.5 Å². The van der Waals surface area contributed by atoms with Crippen LogP contribution in [0.4, 0.5) is 8.78 Å². The van der Waals surface area contributed by atoms with E-state index in [1.165, 1.54) is 24.3 Å². The molecule has 4 nitrogen and oxygen atoms in total. The van der Waals surface area contributed by atoms with Crippen molar-refractivity contribution in [2.75, 3.05) is 0 Å². The maximum Gasteiger partial charge on any atom is 0.224 e. The van der Waals surface area contributed by atoms with Crippen molar-refractivity contribution in [2.24, 2.45) is 11.8 Å². The van der Waals surface area contributed by atoms with Crippen LogP contribution in [0.2, 0.25) is 0 Å². The topological polar surface area (TPSA) is 58.2 Å². The Labute approximate surface area is 144 Å². The van der Waals surface area contributed by atoms with E-state index in [1.54, 1.807) is 24.3 Å². The van der Waals surface area contributed by atoms with Gasteiger partial charge in [0.05, 0.1) is 11.8 Å².